The second-order valence-electron chi connectivity index (χ2n) is 5.03. The molecule has 96 valence electrons. The summed E-state index contributed by atoms with van der Waals surface area (Å²) in [6, 6.07) is 0. The molecule has 1 rings (SSSR count). The highest BCUT2D eigenvalue weighted by Gasteiger charge is 2.22. The molecule has 0 aromatic carbocycles. The van der Waals surface area contributed by atoms with Gasteiger partial charge in [-0.1, -0.05) is 47.9 Å². The molecule has 0 nitrogen and oxygen atoms in total. The maximum absolute atomic E-state index is 3.59. The molecule has 1 aliphatic rings. The molecule has 1 saturated carbocycles. The molecule has 17 heavy (non-hydrogen) atoms. The molecule has 0 amide bonds. The van der Waals surface area contributed by atoms with E-state index in [1.54, 1.807) is 5.57 Å². The second-order valence-corrected chi connectivity index (χ2v) is 5.03. The van der Waals surface area contributed by atoms with Crippen molar-refractivity contribution in [1.29, 1.82) is 0 Å². The summed E-state index contributed by atoms with van der Waals surface area (Å²) in [7, 11) is 0. The smallest absolute Gasteiger partial charge is 0.0139 e. The van der Waals surface area contributed by atoms with Crippen LogP contribution in [0.3, 0.4) is 0 Å². The molecule has 0 N–H and O–H groups in total. The van der Waals surface area contributed by atoms with Gasteiger partial charge in [-0.05, 0) is 52.9 Å². The maximum atomic E-state index is 3.59. The summed E-state index contributed by atoms with van der Waals surface area (Å²) in [4.78, 5) is 0. The van der Waals surface area contributed by atoms with Crippen molar-refractivity contribution in [3.05, 3.63) is 47.6 Å². The van der Waals surface area contributed by atoms with Gasteiger partial charge in [0.05, 0.1) is 0 Å². The lowest BCUT2D eigenvalue weighted by Gasteiger charge is -1.89. The molecule has 0 aliphatic heterocycles. The molecule has 1 fully saturated rings. The van der Waals surface area contributed by atoms with Gasteiger partial charge in [-0.2, -0.15) is 0 Å². The average Bonchev–Trinajstić information content (AvgIpc) is 3.00. The van der Waals surface area contributed by atoms with E-state index in [-0.39, 0.29) is 0 Å². The molecular weight excluding hydrogens is 204 g/mol. The van der Waals surface area contributed by atoms with Crippen LogP contribution in [0.25, 0.3) is 0 Å². The third-order valence-corrected chi connectivity index (χ3v) is 2.89. The largest absolute Gasteiger partial charge is 0.103 e. The molecule has 1 aliphatic carbocycles. The molecule has 1 unspecified atom stereocenters. The fourth-order valence-electron chi connectivity index (χ4n) is 1.31. The average molecular weight is 232 g/mol. The number of hydrogen-bond acceptors (Lipinski definition) is 0. The van der Waals surface area contributed by atoms with Gasteiger partial charge in [0.1, 0.15) is 0 Å². The Morgan fingerprint density at radius 2 is 1.94 bits per heavy atom. The van der Waals surface area contributed by atoms with E-state index in [0.29, 0.717) is 0 Å². The SMILES string of the molecule is C=CCC=C(C)C.CC=C(C)CC=C1CC1C. The van der Waals surface area contributed by atoms with Crippen LogP contribution in [-0.4, -0.2) is 0 Å². The van der Waals surface area contributed by atoms with Crippen LogP contribution in [0.4, 0.5) is 0 Å². The minimum Gasteiger partial charge on any atom is -0.103 e. The van der Waals surface area contributed by atoms with Crippen molar-refractivity contribution in [2.75, 3.05) is 0 Å². The highest BCUT2D eigenvalue weighted by Crippen LogP contribution is 2.37. The standard InChI is InChI=1S/C10H16.C7H12/c1-4-8(2)5-6-10-7-9(10)3;1-4-5-6-7(2)3/h4,6,9H,5,7H2,1-3H3;4,6H,1,5H2,2-3H3. The lowest BCUT2D eigenvalue weighted by molar-refractivity contribution is 1.02. The summed E-state index contributed by atoms with van der Waals surface area (Å²) in [5, 5.41) is 0. The van der Waals surface area contributed by atoms with Gasteiger partial charge in [-0.15, -0.1) is 6.58 Å². The van der Waals surface area contributed by atoms with Crippen LogP contribution in [-0.2, 0) is 0 Å². The van der Waals surface area contributed by atoms with Crippen molar-refractivity contribution in [2.45, 2.75) is 53.9 Å². The molecular formula is C17H28. The molecule has 0 aromatic rings. The number of rotatable bonds is 4. The van der Waals surface area contributed by atoms with Crippen molar-refractivity contribution in [2.24, 2.45) is 5.92 Å². The molecule has 0 heterocycles. The molecule has 0 radical (unpaired) electrons. The van der Waals surface area contributed by atoms with Gasteiger partial charge in [0.15, 0.2) is 0 Å². The highest BCUT2D eigenvalue weighted by molar-refractivity contribution is 5.23. The van der Waals surface area contributed by atoms with E-state index in [9.17, 15) is 0 Å². The molecule has 0 heteroatoms. The monoisotopic (exact) mass is 232 g/mol. The van der Waals surface area contributed by atoms with E-state index in [2.05, 4.69) is 59.4 Å². The predicted octanol–water partition coefficient (Wildman–Crippen LogP) is 5.84. The lowest BCUT2D eigenvalue weighted by atomic mass is 10.2. The maximum Gasteiger partial charge on any atom is -0.0139 e. The first-order valence-corrected chi connectivity index (χ1v) is 6.56. The topological polar surface area (TPSA) is 0 Å². The van der Waals surface area contributed by atoms with Gasteiger partial charge in [0, 0.05) is 0 Å². The van der Waals surface area contributed by atoms with Gasteiger partial charge in [0.2, 0.25) is 0 Å². The van der Waals surface area contributed by atoms with Crippen LogP contribution in [0.15, 0.2) is 47.6 Å². The fourth-order valence-corrected chi connectivity index (χ4v) is 1.31. The zero-order valence-electron chi connectivity index (χ0n) is 12.2. The van der Waals surface area contributed by atoms with Gasteiger partial charge >= 0.3 is 0 Å². The van der Waals surface area contributed by atoms with Crippen LogP contribution in [0.1, 0.15) is 53.9 Å². The Morgan fingerprint density at radius 3 is 2.24 bits per heavy atom. The van der Waals surface area contributed by atoms with Crippen LogP contribution >= 0.6 is 0 Å². The van der Waals surface area contributed by atoms with Crippen molar-refractivity contribution in [1.82, 2.24) is 0 Å². The highest BCUT2D eigenvalue weighted by atomic mass is 14.3. The van der Waals surface area contributed by atoms with E-state index in [4.69, 9.17) is 0 Å². The molecule has 0 aromatic heterocycles. The third-order valence-electron chi connectivity index (χ3n) is 2.89. The lowest BCUT2D eigenvalue weighted by Crippen LogP contribution is -1.69. The Kier molecular flexibility index (Phi) is 8.49. The van der Waals surface area contributed by atoms with E-state index < -0.39 is 0 Å². The normalized spacial score (nSPS) is 20.4. The fraction of sp³-hybridized carbons (Fsp3) is 0.529. The Hall–Kier alpha value is -1.04. The first-order valence-electron chi connectivity index (χ1n) is 6.56. The van der Waals surface area contributed by atoms with Gasteiger partial charge in [-0.25, -0.2) is 0 Å². The molecule has 0 spiro atoms. The quantitative estimate of drug-likeness (QED) is 0.534. The van der Waals surface area contributed by atoms with Crippen molar-refractivity contribution >= 4 is 0 Å². The third kappa shape index (κ3) is 9.86. The van der Waals surface area contributed by atoms with Gasteiger partial charge < -0.3 is 0 Å². The summed E-state index contributed by atoms with van der Waals surface area (Å²) < 4.78 is 0. The first kappa shape index (κ1) is 16.0. The summed E-state index contributed by atoms with van der Waals surface area (Å²) in [6.07, 6.45) is 12.1. The Balaban J connectivity index is 0.000000325. The van der Waals surface area contributed by atoms with Crippen LogP contribution in [0.2, 0.25) is 0 Å². The number of allylic oxidation sites excluding steroid dienone is 7. The molecule has 1 atom stereocenters. The van der Waals surface area contributed by atoms with Crippen LogP contribution in [0.5, 0.6) is 0 Å². The minimum absolute atomic E-state index is 0.893. The van der Waals surface area contributed by atoms with Gasteiger partial charge in [-0.3, -0.25) is 0 Å². The summed E-state index contributed by atoms with van der Waals surface area (Å²) in [5.74, 6) is 0.893. The first-order chi connectivity index (χ1) is 8.01. The summed E-state index contributed by atoms with van der Waals surface area (Å²) in [6.45, 7) is 14.3. The second kappa shape index (κ2) is 9.04. The van der Waals surface area contributed by atoms with Crippen molar-refractivity contribution in [3.8, 4) is 0 Å². The Morgan fingerprint density at radius 1 is 1.35 bits per heavy atom. The molecule has 0 saturated heterocycles. The van der Waals surface area contributed by atoms with Crippen molar-refractivity contribution in [3.63, 3.8) is 0 Å². The van der Waals surface area contributed by atoms with Crippen molar-refractivity contribution < 1.29 is 0 Å². The van der Waals surface area contributed by atoms with Crippen LogP contribution < -0.4 is 0 Å². The van der Waals surface area contributed by atoms with Gasteiger partial charge in [0.25, 0.3) is 0 Å². The minimum atomic E-state index is 0.893. The van der Waals surface area contributed by atoms with E-state index in [1.165, 1.54) is 17.6 Å². The molecule has 0 bridgehead atoms. The van der Waals surface area contributed by atoms with E-state index in [0.717, 1.165) is 18.8 Å². The Labute approximate surface area is 108 Å². The van der Waals surface area contributed by atoms with E-state index in [1.807, 2.05) is 6.08 Å². The zero-order valence-corrected chi connectivity index (χ0v) is 12.2. The summed E-state index contributed by atoms with van der Waals surface area (Å²) >= 11 is 0. The van der Waals surface area contributed by atoms with E-state index >= 15 is 0 Å². The number of hydrogen-bond donors (Lipinski definition) is 0. The Bertz CT molecular complexity index is 309. The summed E-state index contributed by atoms with van der Waals surface area (Å²) in [5.41, 5.74) is 4.49. The van der Waals surface area contributed by atoms with Crippen LogP contribution in [0, 0.1) is 5.92 Å². The zero-order chi connectivity index (χ0) is 13.3. The predicted molar refractivity (Wildman–Crippen MR) is 80.2 cm³/mol.